The molecule has 0 aliphatic carbocycles. The minimum atomic E-state index is 0.0124. The molecule has 1 N–H and O–H groups in total. The summed E-state index contributed by atoms with van der Waals surface area (Å²) in [5.74, 6) is 0.664. The number of methoxy groups -OCH3 is 1. The molecule has 0 fully saturated rings. The predicted octanol–water partition coefficient (Wildman–Crippen LogP) is 3.25. The molecule has 1 aliphatic heterocycles. The van der Waals surface area contributed by atoms with E-state index in [1.54, 1.807) is 13.2 Å². The molecule has 21 heavy (non-hydrogen) atoms. The summed E-state index contributed by atoms with van der Waals surface area (Å²) in [4.78, 5) is 0. The van der Waals surface area contributed by atoms with Crippen LogP contribution >= 0.6 is 0 Å². The number of nitriles is 1. The SMILES string of the molecule is COc1cccc(C#N)c1NC1COCc2ccccc21. The number of anilines is 1. The van der Waals surface area contributed by atoms with E-state index in [2.05, 4.69) is 23.5 Å². The highest BCUT2D eigenvalue weighted by Crippen LogP contribution is 2.34. The molecule has 2 aromatic rings. The van der Waals surface area contributed by atoms with Crippen molar-refractivity contribution in [3.8, 4) is 11.8 Å². The predicted molar refractivity (Wildman–Crippen MR) is 80.2 cm³/mol. The maximum absolute atomic E-state index is 9.29. The fraction of sp³-hybridized carbons (Fsp3) is 0.235. The fourth-order valence-corrected chi connectivity index (χ4v) is 2.62. The third kappa shape index (κ3) is 2.56. The van der Waals surface area contributed by atoms with Crippen molar-refractivity contribution in [1.29, 1.82) is 5.26 Å². The van der Waals surface area contributed by atoms with Crippen LogP contribution in [0, 0.1) is 11.3 Å². The molecule has 3 rings (SSSR count). The van der Waals surface area contributed by atoms with Crippen molar-refractivity contribution < 1.29 is 9.47 Å². The molecule has 1 heterocycles. The topological polar surface area (TPSA) is 54.3 Å². The number of rotatable bonds is 3. The highest BCUT2D eigenvalue weighted by molar-refractivity contribution is 5.67. The Kier molecular flexibility index (Phi) is 3.76. The summed E-state index contributed by atoms with van der Waals surface area (Å²) in [6.45, 7) is 1.20. The van der Waals surface area contributed by atoms with Gasteiger partial charge in [-0.3, -0.25) is 0 Å². The van der Waals surface area contributed by atoms with Gasteiger partial charge in [0.05, 0.1) is 37.6 Å². The zero-order valence-corrected chi connectivity index (χ0v) is 11.8. The first kappa shape index (κ1) is 13.5. The van der Waals surface area contributed by atoms with Crippen molar-refractivity contribution in [2.24, 2.45) is 0 Å². The summed E-state index contributed by atoms with van der Waals surface area (Å²) < 4.78 is 11.0. The lowest BCUT2D eigenvalue weighted by Crippen LogP contribution is -2.23. The van der Waals surface area contributed by atoms with Crippen LogP contribution in [0.4, 0.5) is 5.69 Å². The fourth-order valence-electron chi connectivity index (χ4n) is 2.62. The number of nitrogens with one attached hydrogen (secondary N) is 1. The first-order valence-corrected chi connectivity index (χ1v) is 6.82. The van der Waals surface area contributed by atoms with Gasteiger partial charge in [0.1, 0.15) is 11.8 Å². The Morgan fingerprint density at radius 2 is 2.10 bits per heavy atom. The summed E-state index contributed by atoms with van der Waals surface area (Å²) in [5.41, 5.74) is 3.67. The van der Waals surface area contributed by atoms with Crippen molar-refractivity contribution in [3.05, 3.63) is 59.2 Å². The lowest BCUT2D eigenvalue weighted by Gasteiger charge is -2.28. The van der Waals surface area contributed by atoms with Gasteiger partial charge in [0, 0.05) is 0 Å². The quantitative estimate of drug-likeness (QED) is 0.937. The normalized spacial score (nSPS) is 16.7. The molecular weight excluding hydrogens is 264 g/mol. The van der Waals surface area contributed by atoms with E-state index in [1.807, 2.05) is 24.3 Å². The second-order valence-electron chi connectivity index (χ2n) is 4.91. The van der Waals surface area contributed by atoms with E-state index in [-0.39, 0.29) is 6.04 Å². The zero-order valence-electron chi connectivity index (χ0n) is 11.8. The van der Waals surface area contributed by atoms with Gasteiger partial charge in [-0.15, -0.1) is 0 Å². The van der Waals surface area contributed by atoms with Crippen LogP contribution in [0.25, 0.3) is 0 Å². The number of ether oxygens (including phenoxy) is 2. The van der Waals surface area contributed by atoms with Crippen molar-refractivity contribution in [3.63, 3.8) is 0 Å². The van der Waals surface area contributed by atoms with E-state index in [1.165, 1.54) is 11.1 Å². The Morgan fingerprint density at radius 1 is 1.24 bits per heavy atom. The molecule has 1 unspecified atom stereocenters. The number of hydrogen-bond acceptors (Lipinski definition) is 4. The molecule has 4 heteroatoms. The molecule has 0 aromatic heterocycles. The van der Waals surface area contributed by atoms with Gasteiger partial charge in [-0.25, -0.2) is 0 Å². The molecule has 0 saturated heterocycles. The van der Waals surface area contributed by atoms with Crippen LogP contribution < -0.4 is 10.1 Å². The summed E-state index contributed by atoms with van der Waals surface area (Å²) in [6, 6.07) is 15.8. The Balaban J connectivity index is 1.97. The highest BCUT2D eigenvalue weighted by atomic mass is 16.5. The zero-order chi connectivity index (χ0) is 14.7. The van der Waals surface area contributed by atoms with Crippen LogP contribution in [0.1, 0.15) is 22.7 Å². The van der Waals surface area contributed by atoms with Crippen molar-refractivity contribution in [2.45, 2.75) is 12.6 Å². The van der Waals surface area contributed by atoms with E-state index >= 15 is 0 Å². The van der Waals surface area contributed by atoms with Crippen molar-refractivity contribution in [1.82, 2.24) is 0 Å². The van der Waals surface area contributed by atoms with Gasteiger partial charge in [0.25, 0.3) is 0 Å². The van der Waals surface area contributed by atoms with Gasteiger partial charge in [-0.1, -0.05) is 30.3 Å². The molecule has 1 atom stereocenters. The minimum Gasteiger partial charge on any atom is -0.495 e. The van der Waals surface area contributed by atoms with Gasteiger partial charge in [0.15, 0.2) is 0 Å². The van der Waals surface area contributed by atoms with Crippen LogP contribution in [0.2, 0.25) is 0 Å². The summed E-state index contributed by atoms with van der Waals surface area (Å²) >= 11 is 0. The van der Waals surface area contributed by atoms with E-state index in [0.29, 0.717) is 30.2 Å². The molecular formula is C17H16N2O2. The molecule has 0 saturated carbocycles. The van der Waals surface area contributed by atoms with E-state index in [9.17, 15) is 5.26 Å². The molecule has 106 valence electrons. The number of nitrogens with zero attached hydrogens (tertiary/aromatic N) is 1. The second kappa shape index (κ2) is 5.86. The Hall–Kier alpha value is -2.51. The van der Waals surface area contributed by atoms with E-state index < -0.39 is 0 Å². The minimum absolute atomic E-state index is 0.0124. The summed E-state index contributed by atoms with van der Waals surface area (Å²) in [5, 5.41) is 12.7. The average molecular weight is 280 g/mol. The van der Waals surface area contributed by atoms with E-state index in [0.717, 1.165) is 0 Å². The third-order valence-corrected chi connectivity index (χ3v) is 3.66. The highest BCUT2D eigenvalue weighted by Gasteiger charge is 2.22. The van der Waals surface area contributed by atoms with Crippen LogP contribution in [-0.2, 0) is 11.3 Å². The van der Waals surface area contributed by atoms with Gasteiger partial charge in [-0.05, 0) is 23.3 Å². The summed E-state index contributed by atoms with van der Waals surface area (Å²) in [7, 11) is 1.60. The van der Waals surface area contributed by atoms with Crippen molar-refractivity contribution >= 4 is 5.69 Å². The van der Waals surface area contributed by atoms with Gasteiger partial charge >= 0.3 is 0 Å². The molecule has 1 aliphatic rings. The standard InChI is InChI=1S/C17H16N2O2/c1-20-16-8-4-6-12(9-18)17(16)19-15-11-21-10-13-5-2-3-7-14(13)15/h2-8,15,19H,10-11H2,1H3. The van der Waals surface area contributed by atoms with Crippen LogP contribution in [0.15, 0.2) is 42.5 Å². The third-order valence-electron chi connectivity index (χ3n) is 3.66. The lowest BCUT2D eigenvalue weighted by atomic mass is 9.98. The van der Waals surface area contributed by atoms with Crippen LogP contribution in [-0.4, -0.2) is 13.7 Å². The lowest BCUT2D eigenvalue weighted by molar-refractivity contribution is 0.0969. The molecule has 0 bridgehead atoms. The summed E-state index contributed by atoms with van der Waals surface area (Å²) in [6.07, 6.45) is 0. The maximum atomic E-state index is 9.29. The second-order valence-corrected chi connectivity index (χ2v) is 4.91. The molecule has 0 spiro atoms. The van der Waals surface area contributed by atoms with Crippen LogP contribution in [0.3, 0.4) is 0 Å². The molecule has 0 amide bonds. The van der Waals surface area contributed by atoms with E-state index in [4.69, 9.17) is 9.47 Å². The largest absolute Gasteiger partial charge is 0.495 e. The average Bonchev–Trinajstić information content (AvgIpc) is 2.55. The number of para-hydroxylation sites is 1. The van der Waals surface area contributed by atoms with Crippen LogP contribution in [0.5, 0.6) is 5.75 Å². The molecule has 2 aromatic carbocycles. The monoisotopic (exact) mass is 280 g/mol. The van der Waals surface area contributed by atoms with Crippen molar-refractivity contribution in [2.75, 3.05) is 19.0 Å². The first-order valence-electron chi connectivity index (χ1n) is 6.82. The Morgan fingerprint density at radius 3 is 2.90 bits per heavy atom. The Bertz CT molecular complexity index is 691. The Labute approximate surface area is 123 Å². The number of hydrogen-bond donors (Lipinski definition) is 1. The van der Waals surface area contributed by atoms with Gasteiger partial charge < -0.3 is 14.8 Å². The maximum Gasteiger partial charge on any atom is 0.143 e. The number of benzene rings is 2. The molecule has 0 radical (unpaired) electrons. The number of fused-ring (bicyclic) bond motifs is 1. The smallest absolute Gasteiger partial charge is 0.143 e. The molecule has 4 nitrogen and oxygen atoms in total. The first-order chi connectivity index (χ1) is 10.3. The van der Waals surface area contributed by atoms with Gasteiger partial charge in [-0.2, -0.15) is 5.26 Å². The van der Waals surface area contributed by atoms with Gasteiger partial charge in [0.2, 0.25) is 0 Å².